The van der Waals surface area contributed by atoms with Crippen LogP contribution in [0, 0.1) is 0 Å². The number of hydrogen-bond acceptors (Lipinski definition) is 2. The first-order valence-electron chi connectivity index (χ1n) is 10.3. The number of nitrogens with zero attached hydrogens (tertiary/aromatic N) is 1. The Kier molecular flexibility index (Phi) is 7.54. The van der Waals surface area contributed by atoms with Crippen molar-refractivity contribution in [3.63, 3.8) is 0 Å². The maximum absolute atomic E-state index is 9.29. The van der Waals surface area contributed by atoms with E-state index in [1.54, 1.807) is 0 Å². The molecule has 0 saturated heterocycles. The molecule has 1 heterocycles. The maximum atomic E-state index is 9.29. The molecule has 3 rings (SSSR count). The van der Waals surface area contributed by atoms with Crippen molar-refractivity contribution < 1.29 is 5.11 Å². The molecule has 3 aromatic rings. The van der Waals surface area contributed by atoms with Gasteiger partial charge in [0.25, 0.3) is 0 Å². The monoisotopic (exact) mass is 383 g/mol. The van der Waals surface area contributed by atoms with Crippen LogP contribution in [-0.2, 0) is 6.42 Å². The van der Waals surface area contributed by atoms with Gasteiger partial charge in [-0.2, -0.15) is 0 Å². The Morgan fingerprint density at radius 1 is 0.931 bits per heavy atom. The summed E-state index contributed by atoms with van der Waals surface area (Å²) in [6.07, 6.45) is 11.7. The van der Waals surface area contributed by atoms with Gasteiger partial charge < -0.3 is 5.11 Å². The number of aliphatic hydroxyl groups excluding tert-OH is 1. The van der Waals surface area contributed by atoms with Gasteiger partial charge in [0.05, 0.1) is 11.8 Å². The molecule has 148 valence electrons. The number of allylic oxidation sites excluding steroid dienone is 2. The number of benzene rings is 2. The number of hydrogen-bond donors (Lipinski definition) is 1. The Morgan fingerprint density at radius 2 is 1.59 bits per heavy atom. The molecule has 1 N–H and O–H groups in total. The third-order valence-electron chi connectivity index (χ3n) is 4.93. The maximum Gasteiger partial charge on any atom is 0.0702 e. The van der Waals surface area contributed by atoms with Gasteiger partial charge in [-0.1, -0.05) is 72.8 Å². The Morgan fingerprint density at radius 3 is 2.17 bits per heavy atom. The smallest absolute Gasteiger partial charge is 0.0702 e. The molecule has 0 radical (unpaired) electrons. The summed E-state index contributed by atoms with van der Waals surface area (Å²) in [5.41, 5.74) is 6.89. The largest absolute Gasteiger partial charge is 0.393 e. The molecular weight excluding hydrogens is 354 g/mol. The summed E-state index contributed by atoms with van der Waals surface area (Å²) in [6, 6.07) is 21.3. The van der Waals surface area contributed by atoms with Gasteiger partial charge in [-0.05, 0) is 60.9 Å². The Balaban J connectivity index is 1.62. The fraction of sp³-hybridized carbons (Fsp3) is 0.222. The summed E-state index contributed by atoms with van der Waals surface area (Å²) >= 11 is 0. The first kappa shape index (κ1) is 20.8. The zero-order valence-electron chi connectivity index (χ0n) is 17.1. The van der Waals surface area contributed by atoms with E-state index in [1.807, 2.05) is 19.2 Å². The summed E-state index contributed by atoms with van der Waals surface area (Å²) in [5, 5.41) is 9.29. The summed E-state index contributed by atoms with van der Waals surface area (Å²) in [5.74, 6) is 0. The molecule has 1 atom stereocenters. The van der Waals surface area contributed by atoms with E-state index in [0.29, 0.717) is 0 Å². The van der Waals surface area contributed by atoms with Gasteiger partial charge in [-0.25, -0.2) is 0 Å². The van der Waals surface area contributed by atoms with Gasteiger partial charge in [0.1, 0.15) is 0 Å². The lowest BCUT2D eigenvalue weighted by atomic mass is 10.0. The first-order chi connectivity index (χ1) is 14.2. The number of aromatic nitrogens is 1. The highest BCUT2D eigenvalue weighted by Crippen LogP contribution is 2.24. The fourth-order valence-corrected chi connectivity index (χ4v) is 3.25. The lowest BCUT2D eigenvalue weighted by Gasteiger charge is -2.06. The van der Waals surface area contributed by atoms with Crippen LogP contribution in [0.25, 0.3) is 28.5 Å². The third kappa shape index (κ3) is 6.27. The van der Waals surface area contributed by atoms with Crippen molar-refractivity contribution in [3.05, 3.63) is 96.7 Å². The zero-order valence-corrected chi connectivity index (χ0v) is 17.1. The summed E-state index contributed by atoms with van der Waals surface area (Å²) in [6.45, 7) is 5.61. The standard InChI is InChI=1S/C27H29NO/c1-3-7-23-12-19-27(28-20-23)26-17-15-25(16-18-26)24-13-10-22(11-14-24)9-6-4-5-8-21(2)29/h3,6,9-21,29H,1,4-5,7-8H2,2H3. The average molecular weight is 384 g/mol. The fourth-order valence-electron chi connectivity index (χ4n) is 3.25. The van der Waals surface area contributed by atoms with Crippen LogP contribution in [0.4, 0.5) is 0 Å². The Hall–Kier alpha value is -2.97. The number of pyridine rings is 1. The molecule has 0 spiro atoms. The predicted octanol–water partition coefficient (Wildman–Crippen LogP) is 6.71. The minimum absolute atomic E-state index is 0.207. The second-order valence-corrected chi connectivity index (χ2v) is 7.43. The lowest BCUT2D eigenvalue weighted by Crippen LogP contribution is -1.97. The second-order valence-electron chi connectivity index (χ2n) is 7.43. The van der Waals surface area contributed by atoms with E-state index in [4.69, 9.17) is 0 Å². The van der Waals surface area contributed by atoms with E-state index in [-0.39, 0.29) is 6.10 Å². The van der Waals surface area contributed by atoms with Crippen LogP contribution in [0.15, 0.2) is 85.6 Å². The van der Waals surface area contributed by atoms with Crippen molar-refractivity contribution in [2.24, 2.45) is 0 Å². The number of unbranched alkanes of at least 4 members (excludes halogenated alkanes) is 1. The normalized spacial score (nSPS) is 12.2. The molecule has 0 aliphatic carbocycles. The van der Waals surface area contributed by atoms with Crippen LogP contribution in [0.2, 0.25) is 0 Å². The van der Waals surface area contributed by atoms with E-state index < -0.39 is 0 Å². The summed E-state index contributed by atoms with van der Waals surface area (Å²) in [4.78, 5) is 4.56. The summed E-state index contributed by atoms with van der Waals surface area (Å²) < 4.78 is 0. The van der Waals surface area contributed by atoms with Crippen LogP contribution in [0.1, 0.15) is 37.3 Å². The zero-order chi connectivity index (χ0) is 20.5. The van der Waals surface area contributed by atoms with Crippen molar-refractivity contribution >= 4 is 6.08 Å². The quantitative estimate of drug-likeness (QED) is 0.329. The van der Waals surface area contributed by atoms with Gasteiger partial charge in [0, 0.05) is 11.8 Å². The van der Waals surface area contributed by atoms with Crippen LogP contribution in [0.5, 0.6) is 0 Å². The van der Waals surface area contributed by atoms with Gasteiger partial charge in [0.15, 0.2) is 0 Å². The molecule has 2 heteroatoms. The van der Waals surface area contributed by atoms with Crippen LogP contribution in [0.3, 0.4) is 0 Å². The first-order valence-corrected chi connectivity index (χ1v) is 10.3. The van der Waals surface area contributed by atoms with Crippen molar-refractivity contribution in [2.45, 2.75) is 38.7 Å². The van der Waals surface area contributed by atoms with E-state index in [1.165, 1.54) is 22.3 Å². The second kappa shape index (κ2) is 10.5. The minimum atomic E-state index is -0.207. The van der Waals surface area contributed by atoms with E-state index in [9.17, 15) is 5.11 Å². The van der Waals surface area contributed by atoms with Crippen molar-refractivity contribution in [1.82, 2.24) is 4.98 Å². The molecule has 2 aromatic carbocycles. The van der Waals surface area contributed by atoms with Crippen molar-refractivity contribution in [3.8, 4) is 22.4 Å². The molecule has 2 nitrogen and oxygen atoms in total. The molecule has 29 heavy (non-hydrogen) atoms. The molecule has 0 amide bonds. The van der Waals surface area contributed by atoms with Gasteiger partial charge in [-0.3, -0.25) is 4.98 Å². The average Bonchev–Trinajstić information content (AvgIpc) is 2.75. The van der Waals surface area contributed by atoms with Crippen LogP contribution >= 0.6 is 0 Å². The Labute approximate surface area is 174 Å². The highest BCUT2D eigenvalue weighted by molar-refractivity contribution is 5.70. The highest BCUT2D eigenvalue weighted by Gasteiger charge is 2.02. The van der Waals surface area contributed by atoms with E-state index in [2.05, 4.69) is 84.4 Å². The minimum Gasteiger partial charge on any atom is -0.393 e. The molecule has 0 aliphatic rings. The molecule has 0 saturated carbocycles. The number of rotatable bonds is 9. The van der Waals surface area contributed by atoms with Gasteiger partial charge in [-0.15, -0.1) is 6.58 Å². The molecule has 1 aromatic heterocycles. The Bertz CT molecular complexity index is 920. The predicted molar refractivity (Wildman–Crippen MR) is 124 cm³/mol. The molecule has 0 aliphatic heterocycles. The van der Waals surface area contributed by atoms with Crippen LogP contribution < -0.4 is 0 Å². The topological polar surface area (TPSA) is 33.1 Å². The SMILES string of the molecule is C=CCc1ccc(-c2ccc(-c3ccc(C=CCCCC(C)O)cc3)cc2)nc1. The lowest BCUT2D eigenvalue weighted by molar-refractivity contribution is 0.182. The van der Waals surface area contributed by atoms with E-state index >= 15 is 0 Å². The molecule has 0 bridgehead atoms. The van der Waals surface area contributed by atoms with Gasteiger partial charge in [0.2, 0.25) is 0 Å². The van der Waals surface area contributed by atoms with Gasteiger partial charge >= 0.3 is 0 Å². The summed E-state index contributed by atoms with van der Waals surface area (Å²) in [7, 11) is 0. The van der Waals surface area contributed by atoms with Crippen LogP contribution in [-0.4, -0.2) is 16.2 Å². The molecule has 1 unspecified atom stereocenters. The number of aliphatic hydroxyl groups is 1. The molecule has 0 fully saturated rings. The highest BCUT2D eigenvalue weighted by atomic mass is 16.3. The molecular formula is C27H29NO. The third-order valence-corrected chi connectivity index (χ3v) is 4.93. The van der Waals surface area contributed by atoms with E-state index in [0.717, 1.165) is 36.9 Å². The van der Waals surface area contributed by atoms with Crippen molar-refractivity contribution in [2.75, 3.05) is 0 Å². The van der Waals surface area contributed by atoms with Crippen molar-refractivity contribution in [1.29, 1.82) is 0 Å².